The highest BCUT2D eigenvalue weighted by Gasteiger charge is 2.54. The monoisotopic (exact) mass is 472 g/mol. The fraction of sp³-hybridized carbons (Fsp3) is 0.667. The van der Waals surface area contributed by atoms with Crippen LogP contribution in [0.2, 0.25) is 0 Å². The zero-order valence-electron chi connectivity index (χ0n) is 16.2. The molecular formula is C18H25BrN4O2S2. The molecule has 3 rings (SSSR count). The number of aromatic nitrogens is 3. The highest BCUT2D eigenvalue weighted by molar-refractivity contribution is 9.10. The maximum Gasteiger partial charge on any atom is 0.326 e. The van der Waals surface area contributed by atoms with E-state index in [9.17, 15) is 4.79 Å². The number of thiazole rings is 1. The minimum absolute atomic E-state index is 0.0196. The predicted octanol–water partition coefficient (Wildman–Crippen LogP) is 4.70. The number of nitrogens with zero attached hydrogens (tertiary/aromatic N) is 3. The van der Waals surface area contributed by atoms with Crippen molar-refractivity contribution in [2.75, 3.05) is 0 Å². The SMILES string of the molecule is CC(C)C[C@@]1(C(=O)OC(C)(C)C)C[C@@H](c2nc(Br)ns2)[C@H](c2nccs2)N1. The maximum absolute atomic E-state index is 13.3. The van der Waals surface area contributed by atoms with E-state index in [1.807, 2.05) is 26.2 Å². The number of halogens is 1. The van der Waals surface area contributed by atoms with Crippen molar-refractivity contribution >= 4 is 44.8 Å². The fourth-order valence-corrected chi connectivity index (χ4v) is 5.58. The van der Waals surface area contributed by atoms with Crippen molar-refractivity contribution in [2.45, 2.75) is 70.6 Å². The van der Waals surface area contributed by atoms with Crippen LogP contribution < -0.4 is 5.32 Å². The lowest BCUT2D eigenvalue weighted by Gasteiger charge is -2.33. The number of nitrogens with one attached hydrogen (secondary N) is 1. The lowest BCUT2D eigenvalue weighted by Crippen LogP contribution is -2.52. The molecule has 0 radical (unpaired) electrons. The first kappa shape index (κ1) is 20.8. The average molecular weight is 473 g/mol. The average Bonchev–Trinajstić information content (AvgIpc) is 3.23. The Hall–Kier alpha value is -0.900. The molecule has 3 atom stereocenters. The Kier molecular flexibility index (Phi) is 6.05. The highest BCUT2D eigenvalue weighted by Crippen LogP contribution is 2.48. The molecule has 2 aromatic rings. The van der Waals surface area contributed by atoms with Gasteiger partial charge in [-0.2, -0.15) is 4.37 Å². The molecule has 0 aromatic carbocycles. The molecule has 2 aromatic heterocycles. The summed E-state index contributed by atoms with van der Waals surface area (Å²) in [6.45, 7) is 9.96. The summed E-state index contributed by atoms with van der Waals surface area (Å²) >= 11 is 6.31. The number of ether oxygens (including phenoxy) is 1. The summed E-state index contributed by atoms with van der Waals surface area (Å²) < 4.78 is 10.7. The minimum Gasteiger partial charge on any atom is -0.459 e. The molecule has 27 heavy (non-hydrogen) atoms. The van der Waals surface area contributed by atoms with E-state index in [0.717, 1.165) is 10.0 Å². The van der Waals surface area contributed by atoms with Crippen molar-refractivity contribution in [3.05, 3.63) is 26.3 Å². The van der Waals surface area contributed by atoms with Gasteiger partial charge in [-0.3, -0.25) is 10.1 Å². The lowest BCUT2D eigenvalue weighted by molar-refractivity contribution is -0.163. The van der Waals surface area contributed by atoms with Gasteiger partial charge in [0.2, 0.25) is 4.73 Å². The summed E-state index contributed by atoms with van der Waals surface area (Å²) in [5.41, 5.74) is -1.30. The van der Waals surface area contributed by atoms with Crippen LogP contribution in [0.25, 0.3) is 0 Å². The van der Waals surface area contributed by atoms with Gasteiger partial charge in [0.05, 0.1) is 6.04 Å². The molecule has 0 bridgehead atoms. The molecule has 0 aliphatic carbocycles. The molecule has 1 saturated heterocycles. The van der Waals surface area contributed by atoms with Crippen LogP contribution in [0.4, 0.5) is 0 Å². The molecule has 1 aliphatic heterocycles. The molecule has 0 saturated carbocycles. The molecule has 1 N–H and O–H groups in total. The van der Waals surface area contributed by atoms with Gasteiger partial charge >= 0.3 is 5.97 Å². The molecule has 6 nitrogen and oxygen atoms in total. The molecule has 1 fully saturated rings. The molecule has 3 heterocycles. The van der Waals surface area contributed by atoms with Crippen LogP contribution in [0.15, 0.2) is 16.3 Å². The summed E-state index contributed by atoms with van der Waals surface area (Å²) in [4.78, 5) is 22.3. The zero-order valence-corrected chi connectivity index (χ0v) is 19.4. The molecule has 0 amide bonds. The van der Waals surface area contributed by atoms with Crippen molar-refractivity contribution in [3.8, 4) is 0 Å². The second-order valence-corrected chi connectivity index (χ2v) is 10.8. The number of carbonyl (C=O) groups excluding carboxylic acids is 1. The smallest absolute Gasteiger partial charge is 0.326 e. The quantitative estimate of drug-likeness (QED) is 0.635. The molecular weight excluding hydrogens is 448 g/mol. The Morgan fingerprint density at radius 3 is 2.70 bits per heavy atom. The largest absolute Gasteiger partial charge is 0.459 e. The normalized spacial score (nSPS) is 25.9. The van der Waals surface area contributed by atoms with E-state index in [4.69, 9.17) is 4.74 Å². The third kappa shape index (κ3) is 4.75. The first-order chi connectivity index (χ1) is 12.6. The van der Waals surface area contributed by atoms with E-state index in [2.05, 4.69) is 49.4 Å². The Morgan fingerprint density at radius 2 is 2.19 bits per heavy atom. The van der Waals surface area contributed by atoms with Crippen molar-refractivity contribution in [2.24, 2.45) is 5.92 Å². The van der Waals surface area contributed by atoms with Crippen LogP contribution in [-0.4, -0.2) is 31.5 Å². The van der Waals surface area contributed by atoms with Gasteiger partial charge in [-0.15, -0.1) is 11.3 Å². The standard InChI is InChI=1S/C18H25BrN4O2S2/c1-10(2)8-18(15(24)25-17(3,4)5)9-11(13-21-16(19)23-27-13)12(22-18)14-20-6-7-26-14/h6-7,10-12,22H,8-9H2,1-5H3/t11-,12-,18+/m1/s1. The molecule has 0 spiro atoms. The van der Waals surface area contributed by atoms with E-state index < -0.39 is 11.1 Å². The highest BCUT2D eigenvalue weighted by atomic mass is 79.9. The summed E-state index contributed by atoms with van der Waals surface area (Å²) in [5, 5.41) is 7.44. The number of carbonyl (C=O) groups is 1. The van der Waals surface area contributed by atoms with Crippen LogP contribution in [0, 0.1) is 5.92 Å². The topological polar surface area (TPSA) is 77.0 Å². The van der Waals surface area contributed by atoms with Crippen LogP contribution in [0.1, 0.15) is 69.4 Å². The van der Waals surface area contributed by atoms with Gasteiger partial charge < -0.3 is 4.74 Å². The van der Waals surface area contributed by atoms with Crippen LogP contribution in [0.3, 0.4) is 0 Å². The first-order valence-corrected chi connectivity index (χ1v) is 11.4. The Labute approximate surface area is 176 Å². The molecule has 148 valence electrons. The van der Waals surface area contributed by atoms with E-state index in [0.29, 0.717) is 23.5 Å². The van der Waals surface area contributed by atoms with Crippen LogP contribution in [-0.2, 0) is 9.53 Å². The summed E-state index contributed by atoms with van der Waals surface area (Å²) in [7, 11) is 0. The van der Waals surface area contributed by atoms with Gasteiger partial charge in [0, 0.05) is 17.5 Å². The van der Waals surface area contributed by atoms with Crippen molar-refractivity contribution in [3.63, 3.8) is 0 Å². The predicted molar refractivity (Wildman–Crippen MR) is 111 cm³/mol. The van der Waals surface area contributed by atoms with Gasteiger partial charge in [0.15, 0.2) is 0 Å². The van der Waals surface area contributed by atoms with Gasteiger partial charge in [0.1, 0.15) is 21.2 Å². The van der Waals surface area contributed by atoms with Crippen LogP contribution >= 0.6 is 38.8 Å². The molecule has 9 heteroatoms. The third-order valence-electron chi connectivity index (χ3n) is 4.40. The fourth-order valence-electron chi connectivity index (χ4n) is 3.61. The minimum atomic E-state index is -0.763. The third-order valence-corrected chi connectivity index (χ3v) is 6.69. The second-order valence-electron chi connectivity index (χ2n) is 8.39. The Bertz CT molecular complexity index is 788. The molecule has 1 aliphatic rings. The zero-order chi connectivity index (χ0) is 19.8. The number of esters is 1. The summed E-state index contributed by atoms with van der Waals surface area (Å²) in [5.74, 6) is 0.157. The molecule has 0 unspecified atom stereocenters. The lowest BCUT2D eigenvalue weighted by atomic mass is 9.84. The number of rotatable bonds is 5. The second kappa shape index (κ2) is 7.85. The van der Waals surface area contributed by atoms with E-state index in [-0.39, 0.29) is 17.9 Å². The number of hydrogen-bond acceptors (Lipinski definition) is 8. The van der Waals surface area contributed by atoms with Crippen LogP contribution in [0.5, 0.6) is 0 Å². The Balaban J connectivity index is 2.00. The maximum atomic E-state index is 13.3. The van der Waals surface area contributed by atoms with Gasteiger partial charge in [0.25, 0.3) is 0 Å². The van der Waals surface area contributed by atoms with E-state index in [1.54, 1.807) is 17.5 Å². The number of hydrogen-bond donors (Lipinski definition) is 1. The van der Waals surface area contributed by atoms with E-state index >= 15 is 0 Å². The summed E-state index contributed by atoms with van der Waals surface area (Å²) in [6.07, 6.45) is 3.11. The Morgan fingerprint density at radius 1 is 1.44 bits per heavy atom. The van der Waals surface area contributed by atoms with Gasteiger partial charge in [-0.05, 0) is 67.0 Å². The van der Waals surface area contributed by atoms with Crippen molar-refractivity contribution < 1.29 is 9.53 Å². The van der Waals surface area contributed by atoms with Gasteiger partial charge in [-0.1, -0.05) is 13.8 Å². The van der Waals surface area contributed by atoms with Crippen molar-refractivity contribution in [1.82, 2.24) is 19.7 Å². The van der Waals surface area contributed by atoms with Gasteiger partial charge in [-0.25, -0.2) is 9.97 Å². The summed E-state index contributed by atoms with van der Waals surface area (Å²) in [6, 6.07) is -0.0869. The van der Waals surface area contributed by atoms with Crippen molar-refractivity contribution in [1.29, 1.82) is 0 Å². The first-order valence-electron chi connectivity index (χ1n) is 8.99. The van der Waals surface area contributed by atoms with E-state index in [1.165, 1.54) is 11.5 Å².